The standard InChI is InChI=1S/C8H19N5/c1-10-8(11-9)13-5-4-7(6-13)12(2)3/h7H,4-6,9H2,1-3H3,(H,10,11). The number of hydrazine groups is 1. The summed E-state index contributed by atoms with van der Waals surface area (Å²) in [5.74, 6) is 6.13. The van der Waals surface area contributed by atoms with Gasteiger partial charge in [-0.15, -0.1) is 0 Å². The summed E-state index contributed by atoms with van der Waals surface area (Å²) in [6.45, 7) is 2.03. The maximum atomic E-state index is 5.35. The average Bonchev–Trinajstić information content (AvgIpc) is 2.56. The fourth-order valence-electron chi connectivity index (χ4n) is 1.65. The lowest BCUT2D eigenvalue weighted by molar-refractivity contribution is 0.300. The molecular formula is C8H19N5. The van der Waals surface area contributed by atoms with Crippen molar-refractivity contribution in [3.8, 4) is 0 Å². The number of aliphatic imine (C=N–C) groups is 1. The van der Waals surface area contributed by atoms with Crippen molar-refractivity contribution in [1.29, 1.82) is 0 Å². The second-order valence-corrected chi connectivity index (χ2v) is 3.54. The van der Waals surface area contributed by atoms with Gasteiger partial charge in [-0.1, -0.05) is 0 Å². The SMILES string of the molecule is CN=C(NN)N1CCC(N(C)C)C1. The van der Waals surface area contributed by atoms with Gasteiger partial charge in [0.1, 0.15) is 0 Å². The van der Waals surface area contributed by atoms with Gasteiger partial charge in [-0.3, -0.25) is 10.4 Å². The molecule has 5 nitrogen and oxygen atoms in total. The number of hydrogen-bond acceptors (Lipinski definition) is 3. The van der Waals surface area contributed by atoms with Gasteiger partial charge in [0, 0.05) is 26.2 Å². The van der Waals surface area contributed by atoms with Gasteiger partial charge in [0.25, 0.3) is 0 Å². The van der Waals surface area contributed by atoms with Crippen LogP contribution in [0.4, 0.5) is 0 Å². The zero-order valence-electron chi connectivity index (χ0n) is 8.62. The van der Waals surface area contributed by atoms with E-state index >= 15 is 0 Å². The molecule has 0 amide bonds. The minimum Gasteiger partial charge on any atom is -0.340 e. The van der Waals surface area contributed by atoms with Gasteiger partial charge in [-0.05, 0) is 20.5 Å². The molecule has 0 aromatic carbocycles. The molecule has 1 saturated heterocycles. The van der Waals surface area contributed by atoms with Crippen LogP contribution in [0.1, 0.15) is 6.42 Å². The smallest absolute Gasteiger partial charge is 0.208 e. The number of rotatable bonds is 1. The molecule has 3 N–H and O–H groups in total. The van der Waals surface area contributed by atoms with Gasteiger partial charge in [0.2, 0.25) is 5.96 Å². The summed E-state index contributed by atoms with van der Waals surface area (Å²) >= 11 is 0. The van der Waals surface area contributed by atoms with Gasteiger partial charge < -0.3 is 9.80 Å². The Hall–Kier alpha value is -0.810. The number of nitrogens with zero attached hydrogens (tertiary/aromatic N) is 3. The van der Waals surface area contributed by atoms with Crippen LogP contribution < -0.4 is 11.3 Å². The number of nitrogens with two attached hydrogens (primary N) is 1. The fourth-order valence-corrected chi connectivity index (χ4v) is 1.65. The van der Waals surface area contributed by atoms with E-state index in [0.29, 0.717) is 6.04 Å². The molecule has 0 radical (unpaired) electrons. The fraction of sp³-hybridized carbons (Fsp3) is 0.875. The molecule has 0 saturated carbocycles. The van der Waals surface area contributed by atoms with E-state index in [1.807, 2.05) is 0 Å². The van der Waals surface area contributed by atoms with E-state index in [1.54, 1.807) is 7.05 Å². The first kappa shape index (κ1) is 10.3. The molecule has 1 aliphatic heterocycles. The number of likely N-dealkylation sites (N-methyl/N-ethyl adjacent to an activating group) is 1. The van der Waals surface area contributed by atoms with Crippen LogP contribution in [-0.4, -0.2) is 56.0 Å². The van der Waals surface area contributed by atoms with Gasteiger partial charge in [-0.2, -0.15) is 0 Å². The van der Waals surface area contributed by atoms with E-state index in [2.05, 4.69) is 34.3 Å². The normalized spacial score (nSPS) is 24.2. The molecule has 1 atom stereocenters. The van der Waals surface area contributed by atoms with Crippen LogP contribution in [0.2, 0.25) is 0 Å². The summed E-state index contributed by atoms with van der Waals surface area (Å²) in [4.78, 5) is 8.48. The summed E-state index contributed by atoms with van der Waals surface area (Å²) in [5, 5.41) is 0. The van der Waals surface area contributed by atoms with Crippen molar-refractivity contribution in [2.24, 2.45) is 10.8 Å². The lowest BCUT2D eigenvalue weighted by atomic mass is 10.2. The Kier molecular flexibility index (Phi) is 3.50. The zero-order valence-corrected chi connectivity index (χ0v) is 8.62. The van der Waals surface area contributed by atoms with Crippen LogP contribution in [0.5, 0.6) is 0 Å². The van der Waals surface area contributed by atoms with Crippen LogP contribution in [0.3, 0.4) is 0 Å². The summed E-state index contributed by atoms with van der Waals surface area (Å²) in [5.41, 5.74) is 2.61. The molecule has 5 heteroatoms. The Morgan fingerprint density at radius 1 is 1.62 bits per heavy atom. The number of guanidine groups is 1. The highest BCUT2D eigenvalue weighted by molar-refractivity contribution is 5.79. The highest BCUT2D eigenvalue weighted by Gasteiger charge is 2.25. The van der Waals surface area contributed by atoms with Crippen molar-refractivity contribution in [2.75, 3.05) is 34.2 Å². The number of hydrogen-bond donors (Lipinski definition) is 2. The van der Waals surface area contributed by atoms with Gasteiger partial charge in [0.05, 0.1) is 0 Å². The average molecular weight is 185 g/mol. The van der Waals surface area contributed by atoms with E-state index in [-0.39, 0.29) is 0 Å². The van der Waals surface area contributed by atoms with E-state index in [0.717, 1.165) is 19.0 Å². The molecule has 0 aliphatic carbocycles. The Labute approximate surface area is 79.6 Å². The van der Waals surface area contributed by atoms with E-state index < -0.39 is 0 Å². The zero-order chi connectivity index (χ0) is 9.84. The van der Waals surface area contributed by atoms with Crippen molar-refractivity contribution in [2.45, 2.75) is 12.5 Å². The van der Waals surface area contributed by atoms with Crippen LogP contribution in [-0.2, 0) is 0 Å². The van der Waals surface area contributed by atoms with Crippen molar-refractivity contribution in [3.63, 3.8) is 0 Å². The predicted molar refractivity (Wildman–Crippen MR) is 54.3 cm³/mol. The van der Waals surface area contributed by atoms with E-state index in [9.17, 15) is 0 Å². The quantitative estimate of drug-likeness (QED) is 0.240. The van der Waals surface area contributed by atoms with Gasteiger partial charge in [0.15, 0.2) is 0 Å². The third kappa shape index (κ3) is 2.32. The lowest BCUT2D eigenvalue weighted by Gasteiger charge is -2.22. The minimum atomic E-state index is 0.616. The van der Waals surface area contributed by atoms with Gasteiger partial charge in [-0.25, -0.2) is 5.84 Å². The second kappa shape index (κ2) is 4.43. The molecule has 0 spiro atoms. The molecular weight excluding hydrogens is 166 g/mol. The van der Waals surface area contributed by atoms with Crippen molar-refractivity contribution < 1.29 is 0 Å². The Morgan fingerprint density at radius 3 is 2.69 bits per heavy atom. The third-order valence-corrected chi connectivity index (χ3v) is 2.53. The topological polar surface area (TPSA) is 56.9 Å². The van der Waals surface area contributed by atoms with Crippen LogP contribution in [0.15, 0.2) is 4.99 Å². The first-order valence-corrected chi connectivity index (χ1v) is 4.53. The lowest BCUT2D eigenvalue weighted by Crippen LogP contribution is -2.44. The first-order valence-electron chi connectivity index (χ1n) is 4.53. The molecule has 76 valence electrons. The highest BCUT2D eigenvalue weighted by atomic mass is 15.4. The van der Waals surface area contributed by atoms with Gasteiger partial charge >= 0.3 is 0 Å². The molecule has 1 unspecified atom stereocenters. The summed E-state index contributed by atoms with van der Waals surface area (Å²) in [7, 11) is 5.96. The molecule has 1 rings (SSSR count). The second-order valence-electron chi connectivity index (χ2n) is 3.54. The molecule has 1 heterocycles. The Bertz CT molecular complexity index is 189. The van der Waals surface area contributed by atoms with Crippen LogP contribution in [0, 0.1) is 0 Å². The van der Waals surface area contributed by atoms with Crippen molar-refractivity contribution in [1.82, 2.24) is 15.2 Å². The first-order chi connectivity index (χ1) is 6.19. The monoisotopic (exact) mass is 185 g/mol. The summed E-state index contributed by atoms with van der Waals surface area (Å²) < 4.78 is 0. The van der Waals surface area contributed by atoms with E-state index in [1.165, 1.54) is 6.42 Å². The molecule has 0 bridgehead atoms. The highest BCUT2D eigenvalue weighted by Crippen LogP contribution is 2.12. The largest absolute Gasteiger partial charge is 0.340 e. The Balaban J connectivity index is 2.49. The maximum absolute atomic E-state index is 5.35. The summed E-state index contributed by atoms with van der Waals surface area (Å²) in [6.07, 6.45) is 1.17. The molecule has 13 heavy (non-hydrogen) atoms. The minimum absolute atomic E-state index is 0.616. The van der Waals surface area contributed by atoms with Crippen LogP contribution >= 0.6 is 0 Å². The van der Waals surface area contributed by atoms with Crippen LogP contribution in [0.25, 0.3) is 0 Å². The molecule has 0 aromatic heterocycles. The van der Waals surface area contributed by atoms with Crippen molar-refractivity contribution in [3.05, 3.63) is 0 Å². The Morgan fingerprint density at radius 2 is 2.31 bits per heavy atom. The van der Waals surface area contributed by atoms with Crippen molar-refractivity contribution >= 4 is 5.96 Å². The predicted octanol–water partition coefficient (Wildman–Crippen LogP) is -0.929. The number of nitrogens with one attached hydrogen (secondary N) is 1. The van der Waals surface area contributed by atoms with E-state index in [4.69, 9.17) is 5.84 Å². The molecule has 1 fully saturated rings. The molecule has 1 aliphatic rings. The maximum Gasteiger partial charge on any atom is 0.208 e. The number of likely N-dealkylation sites (tertiary alicyclic amines) is 1. The third-order valence-electron chi connectivity index (χ3n) is 2.53. The summed E-state index contributed by atoms with van der Waals surface area (Å²) in [6, 6.07) is 0.616. The molecule has 0 aromatic rings.